The Kier molecular flexibility index (Phi) is 9.79. The summed E-state index contributed by atoms with van der Waals surface area (Å²) in [5.41, 5.74) is 4.78. The second-order valence-electron chi connectivity index (χ2n) is 11.4. The lowest BCUT2D eigenvalue weighted by molar-refractivity contribution is -0.123. The van der Waals surface area contributed by atoms with Gasteiger partial charge in [-0.15, -0.1) is 10.2 Å². The quantitative estimate of drug-likeness (QED) is 0.252. The lowest BCUT2D eigenvalue weighted by Gasteiger charge is -2.48. The molecule has 3 aromatic heterocycles. The second kappa shape index (κ2) is 12.9. The van der Waals surface area contributed by atoms with Gasteiger partial charge in [0.25, 0.3) is 12.9 Å². The van der Waals surface area contributed by atoms with Crippen molar-refractivity contribution >= 4 is 30.1 Å². The molecule has 13 nitrogen and oxygen atoms in total. The molecular formula is C29H37N7O6. The molecule has 1 aliphatic heterocycles. The van der Waals surface area contributed by atoms with E-state index in [4.69, 9.17) is 24.2 Å². The third-order valence-corrected chi connectivity index (χ3v) is 6.82. The lowest BCUT2D eigenvalue weighted by Crippen LogP contribution is -2.62. The maximum absolute atomic E-state index is 10.8. The first-order valence-corrected chi connectivity index (χ1v) is 13.2. The number of phenols is 1. The van der Waals surface area contributed by atoms with Gasteiger partial charge >= 0.3 is 0 Å². The Morgan fingerprint density at radius 2 is 1.60 bits per heavy atom. The zero-order chi connectivity index (χ0) is 31.2. The zero-order valence-corrected chi connectivity index (χ0v) is 24.8. The minimum Gasteiger partial charge on any atom is -0.507 e. The Labute approximate surface area is 243 Å². The Morgan fingerprint density at radius 1 is 0.976 bits per heavy atom. The minimum absolute atomic E-state index is 0.0196. The smallest absolute Gasteiger partial charge is 0.290 e. The molecule has 4 N–H and O–H groups in total. The number of oxazole rings is 1. The normalized spacial score (nSPS) is 15.5. The van der Waals surface area contributed by atoms with Gasteiger partial charge in [0.2, 0.25) is 11.7 Å². The molecule has 0 aliphatic carbocycles. The molecule has 1 aromatic carbocycles. The number of anilines is 1. The van der Waals surface area contributed by atoms with E-state index in [-0.39, 0.29) is 35.8 Å². The van der Waals surface area contributed by atoms with Crippen molar-refractivity contribution in [3.05, 3.63) is 41.9 Å². The number of nitrogens with zero attached hydrogens (tertiary/aromatic N) is 6. The summed E-state index contributed by atoms with van der Waals surface area (Å²) in [7, 11) is 2.02. The second-order valence-corrected chi connectivity index (χ2v) is 11.4. The van der Waals surface area contributed by atoms with Crippen molar-refractivity contribution in [2.75, 3.05) is 11.9 Å². The molecule has 1 fully saturated rings. The minimum atomic E-state index is -0.250. The Balaban J connectivity index is 0.000000745. The largest absolute Gasteiger partial charge is 0.507 e. The molecule has 4 aromatic rings. The van der Waals surface area contributed by atoms with Crippen LogP contribution in [-0.2, 0) is 9.59 Å². The third-order valence-electron chi connectivity index (χ3n) is 6.82. The van der Waals surface area contributed by atoms with Crippen LogP contribution in [0.3, 0.4) is 0 Å². The van der Waals surface area contributed by atoms with Crippen molar-refractivity contribution in [1.82, 2.24) is 30.5 Å². The van der Waals surface area contributed by atoms with Crippen LogP contribution in [0, 0.1) is 13.8 Å². The standard InChI is InChI=1S/C27H33N7O2.2CH2O2/c1-15-10-20(30-24-23(15)29-16(2)36-24)17-8-9-19(22(35)11-17)21-14-28-25(32-31-21)34(7)18-12-26(3,4)33-27(5,6)13-18;2*2-1-3/h8-11,14,18,33,35H,12-13H2,1-7H3;2*1H,(H,2,3). The highest BCUT2D eigenvalue weighted by Crippen LogP contribution is 2.34. The highest BCUT2D eigenvalue weighted by molar-refractivity contribution is 5.79. The number of rotatable bonds is 4. The molecule has 4 heterocycles. The van der Waals surface area contributed by atoms with Gasteiger partial charge in [0.1, 0.15) is 17.0 Å². The van der Waals surface area contributed by atoms with Gasteiger partial charge in [-0.05, 0) is 71.2 Å². The monoisotopic (exact) mass is 579 g/mol. The van der Waals surface area contributed by atoms with E-state index in [0.717, 1.165) is 29.5 Å². The molecule has 0 radical (unpaired) electrons. The summed E-state index contributed by atoms with van der Waals surface area (Å²) >= 11 is 0. The van der Waals surface area contributed by atoms with Crippen LogP contribution in [0.2, 0.25) is 0 Å². The average molecular weight is 580 g/mol. The molecule has 0 amide bonds. The van der Waals surface area contributed by atoms with Gasteiger partial charge < -0.3 is 30.0 Å². The summed E-state index contributed by atoms with van der Waals surface area (Å²) in [4.78, 5) is 32.4. The number of benzene rings is 1. The van der Waals surface area contributed by atoms with Gasteiger partial charge in [0.05, 0.1) is 11.9 Å². The molecule has 224 valence electrons. The fraction of sp³-hybridized carbons (Fsp3) is 0.414. The molecule has 0 unspecified atom stereocenters. The fourth-order valence-electron chi connectivity index (χ4n) is 5.48. The number of carboxylic acid groups (broad SMARTS) is 2. The van der Waals surface area contributed by atoms with Gasteiger partial charge in [0.15, 0.2) is 5.89 Å². The van der Waals surface area contributed by atoms with Crippen molar-refractivity contribution in [2.45, 2.75) is 71.5 Å². The molecule has 42 heavy (non-hydrogen) atoms. The van der Waals surface area contributed by atoms with Crippen LogP contribution in [-0.4, -0.2) is 77.6 Å². The first-order chi connectivity index (χ1) is 19.7. The molecule has 0 atom stereocenters. The number of pyridine rings is 1. The molecule has 1 aliphatic rings. The predicted molar refractivity (Wildman–Crippen MR) is 157 cm³/mol. The number of nitrogens with one attached hydrogen (secondary N) is 1. The maximum atomic E-state index is 10.8. The van der Waals surface area contributed by atoms with Gasteiger partial charge in [-0.3, -0.25) is 9.59 Å². The van der Waals surface area contributed by atoms with Crippen molar-refractivity contribution in [1.29, 1.82) is 0 Å². The number of carbonyl (C=O) groups is 2. The fourth-order valence-corrected chi connectivity index (χ4v) is 5.48. The Morgan fingerprint density at radius 3 is 2.14 bits per heavy atom. The number of aromatic hydroxyl groups is 1. The first kappa shape index (κ1) is 31.9. The van der Waals surface area contributed by atoms with Crippen LogP contribution in [0.4, 0.5) is 5.95 Å². The Bertz CT molecular complexity index is 1510. The summed E-state index contributed by atoms with van der Waals surface area (Å²) in [6.45, 7) is 12.2. The summed E-state index contributed by atoms with van der Waals surface area (Å²) < 4.78 is 5.61. The summed E-state index contributed by atoms with van der Waals surface area (Å²) in [6.07, 6.45) is 3.62. The number of piperidine rings is 1. The van der Waals surface area contributed by atoms with Crippen molar-refractivity contribution in [3.8, 4) is 28.3 Å². The molecule has 13 heteroatoms. The van der Waals surface area contributed by atoms with Gasteiger partial charge in [0, 0.05) is 42.2 Å². The van der Waals surface area contributed by atoms with Crippen LogP contribution in [0.15, 0.2) is 34.9 Å². The van der Waals surface area contributed by atoms with Crippen LogP contribution in [0.1, 0.15) is 52.0 Å². The first-order valence-electron chi connectivity index (χ1n) is 13.2. The van der Waals surface area contributed by atoms with E-state index in [2.05, 4.69) is 63.1 Å². The maximum Gasteiger partial charge on any atom is 0.290 e. The van der Waals surface area contributed by atoms with E-state index in [1.807, 2.05) is 32.2 Å². The van der Waals surface area contributed by atoms with E-state index in [0.29, 0.717) is 34.5 Å². The molecule has 5 rings (SSSR count). The van der Waals surface area contributed by atoms with Crippen molar-refractivity contribution < 1.29 is 29.3 Å². The van der Waals surface area contributed by atoms with E-state index < -0.39 is 0 Å². The number of aryl methyl sites for hydroxylation is 2. The van der Waals surface area contributed by atoms with Gasteiger partial charge in [-0.25, -0.2) is 15.0 Å². The number of aromatic nitrogens is 5. The van der Waals surface area contributed by atoms with E-state index in [1.165, 1.54) is 0 Å². The molecular weight excluding hydrogens is 542 g/mol. The van der Waals surface area contributed by atoms with Gasteiger partial charge in [-0.2, -0.15) is 0 Å². The number of hydrogen-bond donors (Lipinski definition) is 4. The van der Waals surface area contributed by atoms with Crippen molar-refractivity contribution in [2.24, 2.45) is 0 Å². The van der Waals surface area contributed by atoms with Crippen LogP contribution >= 0.6 is 0 Å². The number of phenolic OH excluding ortho intramolecular Hbond substituents is 1. The highest BCUT2D eigenvalue weighted by atomic mass is 16.4. The van der Waals surface area contributed by atoms with E-state index >= 15 is 0 Å². The zero-order valence-electron chi connectivity index (χ0n) is 24.8. The van der Waals surface area contributed by atoms with Crippen molar-refractivity contribution in [3.63, 3.8) is 0 Å². The molecule has 1 saturated heterocycles. The van der Waals surface area contributed by atoms with Crippen LogP contribution < -0.4 is 10.2 Å². The summed E-state index contributed by atoms with van der Waals surface area (Å²) in [6, 6.07) is 7.61. The topological polar surface area (TPSA) is 188 Å². The lowest BCUT2D eigenvalue weighted by atomic mass is 9.79. The SMILES string of the molecule is Cc1nc2c(C)cc(-c3ccc(-c4cnc(N(C)C5CC(C)(C)NC(C)(C)C5)nn4)c(O)c3)nc2o1.O=CO.O=CO. The Hall–Kier alpha value is -4.65. The summed E-state index contributed by atoms with van der Waals surface area (Å²) in [5.74, 6) is 1.23. The summed E-state index contributed by atoms with van der Waals surface area (Å²) in [5, 5.41) is 37.1. The number of fused-ring (bicyclic) bond motifs is 1. The van der Waals surface area contributed by atoms with Gasteiger partial charge in [-0.1, -0.05) is 6.07 Å². The molecule has 0 saturated carbocycles. The van der Waals surface area contributed by atoms with Crippen LogP contribution in [0.5, 0.6) is 5.75 Å². The molecule has 0 bridgehead atoms. The number of hydrogen-bond acceptors (Lipinski definition) is 11. The molecule has 0 spiro atoms. The predicted octanol–water partition coefficient (Wildman–Crippen LogP) is 4.21. The van der Waals surface area contributed by atoms with E-state index in [1.54, 1.807) is 19.2 Å². The average Bonchev–Trinajstić information content (AvgIpc) is 3.28. The van der Waals surface area contributed by atoms with E-state index in [9.17, 15) is 5.11 Å². The third kappa shape index (κ3) is 7.55. The highest BCUT2D eigenvalue weighted by Gasteiger charge is 2.39. The van der Waals surface area contributed by atoms with Crippen LogP contribution in [0.25, 0.3) is 33.7 Å².